The average Bonchev–Trinajstić information content (AvgIpc) is 3.23. The number of hydrogen-bond donors (Lipinski definition) is 0. The van der Waals surface area contributed by atoms with Crippen LogP contribution in [-0.2, 0) is 17.6 Å². The van der Waals surface area contributed by atoms with Gasteiger partial charge in [-0.15, -0.1) is 11.3 Å². The van der Waals surface area contributed by atoms with Crippen molar-refractivity contribution < 1.29 is 4.79 Å². The van der Waals surface area contributed by atoms with Gasteiger partial charge in [0.25, 0.3) is 0 Å². The second-order valence-electron chi connectivity index (χ2n) is 6.62. The summed E-state index contributed by atoms with van der Waals surface area (Å²) >= 11 is 3.82. The summed E-state index contributed by atoms with van der Waals surface area (Å²) in [5.41, 5.74) is 2.99. The molecule has 0 N–H and O–H groups in total. The van der Waals surface area contributed by atoms with Crippen LogP contribution in [0.4, 0.5) is 10.8 Å². The Labute approximate surface area is 164 Å². The third-order valence-electron chi connectivity index (χ3n) is 4.67. The molecule has 5 heteroatoms. The molecule has 1 heterocycles. The van der Waals surface area contributed by atoms with Crippen LogP contribution >= 0.6 is 33.9 Å². The summed E-state index contributed by atoms with van der Waals surface area (Å²) in [5, 5.41) is 2.63. The van der Waals surface area contributed by atoms with Gasteiger partial charge in [0, 0.05) is 15.1 Å². The molecule has 4 rings (SSSR count). The molecule has 1 atom stereocenters. The summed E-state index contributed by atoms with van der Waals surface area (Å²) in [5.74, 6) is 0.111. The van der Waals surface area contributed by atoms with Crippen LogP contribution in [0.2, 0.25) is 0 Å². The lowest BCUT2D eigenvalue weighted by atomic mass is 9.85. The molecule has 3 nitrogen and oxygen atoms in total. The zero-order valence-corrected chi connectivity index (χ0v) is 16.8. The van der Waals surface area contributed by atoms with E-state index >= 15 is 0 Å². The first-order valence-corrected chi connectivity index (χ1v) is 10.1. The molecule has 126 valence electrons. The molecule has 0 radical (unpaired) electrons. The van der Waals surface area contributed by atoms with Gasteiger partial charge in [0.1, 0.15) is 0 Å². The summed E-state index contributed by atoms with van der Waals surface area (Å²) in [6, 6.07) is 16.3. The Kier molecular flexibility index (Phi) is 4.37. The molecule has 1 aliphatic carbocycles. The SMILES string of the molecule is CC1(C(=O)N(c2ccccc2)c2nccs2)Cc2ccc(I)cc2C1. The third kappa shape index (κ3) is 3.11. The van der Waals surface area contributed by atoms with Crippen molar-refractivity contribution in [2.45, 2.75) is 19.8 Å². The van der Waals surface area contributed by atoms with Gasteiger partial charge in [0.15, 0.2) is 5.13 Å². The fourth-order valence-electron chi connectivity index (χ4n) is 3.47. The minimum absolute atomic E-state index is 0.111. The predicted octanol–water partition coefficient (Wildman–Crippen LogP) is 5.22. The van der Waals surface area contributed by atoms with Gasteiger partial charge in [0.05, 0.1) is 11.1 Å². The second kappa shape index (κ2) is 6.53. The molecule has 0 saturated heterocycles. The van der Waals surface area contributed by atoms with Gasteiger partial charge in [-0.1, -0.05) is 31.2 Å². The Hall–Kier alpha value is -1.73. The predicted molar refractivity (Wildman–Crippen MR) is 110 cm³/mol. The number of para-hydroxylation sites is 1. The van der Waals surface area contributed by atoms with E-state index in [-0.39, 0.29) is 5.91 Å². The van der Waals surface area contributed by atoms with Gasteiger partial charge >= 0.3 is 0 Å². The lowest BCUT2D eigenvalue weighted by molar-refractivity contribution is -0.126. The molecule has 25 heavy (non-hydrogen) atoms. The van der Waals surface area contributed by atoms with Crippen molar-refractivity contribution in [3.05, 3.63) is 74.8 Å². The number of aromatic nitrogens is 1. The second-order valence-corrected chi connectivity index (χ2v) is 8.74. The number of hydrogen-bond acceptors (Lipinski definition) is 3. The smallest absolute Gasteiger partial charge is 0.239 e. The van der Waals surface area contributed by atoms with Gasteiger partial charge < -0.3 is 0 Å². The Bertz CT molecular complexity index is 911. The Morgan fingerprint density at radius 3 is 2.64 bits per heavy atom. The van der Waals surface area contributed by atoms with Gasteiger partial charge in [-0.25, -0.2) is 4.98 Å². The maximum atomic E-state index is 13.6. The van der Waals surface area contributed by atoms with Crippen molar-refractivity contribution in [1.82, 2.24) is 4.98 Å². The highest BCUT2D eigenvalue weighted by atomic mass is 127. The van der Waals surface area contributed by atoms with E-state index in [9.17, 15) is 4.79 Å². The monoisotopic (exact) mass is 460 g/mol. The molecule has 3 aromatic rings. The molecule has 1 amide bonds. The van der Waals surface area contributed by atoms with Gasteiger partial charge in [0.2, 0.25) is 5.91 Å². The number of nitrogens with zero attached hydrogens (tertiary/aromatic N) is 2. The first-order chi connectivity index (χ1) is 12.1. The van der Waals surface area contributed by atoms with E-state index in [1.807, 2.05) is 35.7 Å². The van der Waals surface area contributed by atoms with Gasteiger partial charge in [-0.3, -0.25) is 9.69 Å². The molecule has 0 saturated carbocycles. The first kappa shape index (κ1) is 16.7. The number of rotatable bonds is 3. The van der Waals surface area contributed by atoms with Crippen molar-refractivity contribution in [2.24, 2.45) is 5.41 Å². The molecule has 0 aliphatic heterocycles. The van der Waals surface area contributed by atoms with Crippen LogP contribution in [0.1, 0.15) is 18.1 Å². The number of carbonyl (C=O) groups excluding carboxylic acids is 1. The van der Waals surface area contributed by atoms with E-state index in [1.54, 1.807) is 11.1 Å². The number of benzene rings is 2. The van der Waals surface area contributed by atoms with Crippen LogP contribution in [0.3, 0.4) is 0 Å². The van der Waals surface area contributed by atoms with Crippen LogP contribution in [0.15, 0.2) is 60.1 Å². The van der Waals surface area contributed by atoms with Gasteiger partial charge in [-0.05, 0) is 70.8 Å². The summed E-state index contributed by atoms with van der Waals surface area (Å²) in [6.45, 7) is 2.08. The quantitative estimate of drug-likeness (QED) is 0.503. The molecule has 1 aliphatic rings. The highest BCUT2D eigenvalue weighted by molar-refractivity contribution is 14.1. The van der Waals surface area contributed by atoms with Gasteiger partial charge in [-0.2, -0.15) is 0 Å². The van der Waals surface area contributed by atoms with Crippen LogP contribution in [0.25, 0.3) is 0 Å². The number of anilines is 2. The number of carbonyl (C=O) groups is 1. The molecule has 0 spiro atoms. The molecule has 0 bridgehead atoms. The number of halogens is 1. The maximum Gasteiger partial charge on any atom is 0.239 e. The van der Waals surface area contributed by atoms with E-state index in [4.69, 9.17) is 0 Å². The first-order valence-electron chi connectivity index (χ1n) is 8.13. The van der Waals surface area contributed by atoms with Crippen LogP contribution in [-0.4, -0.2) is 10.9 Å². The van der Waals surface area contributed by atoms with Crippen molar-refractivity contribution in [1.29, 1.82) is 0 Å². The van der Waals surface area contributed by atoms with Crippen molar-refractivity contribution in [2.75, 3.05) is 4.90 Å². The van der Waals surface area contributed by atoms with E-state index in [0.717, 1.165) is 23.7 Å². The van der Waals surface area contributed by atoms with E-state index < -0.39 is 5.41 Å². The Morgan fingerprint density at radius 2 is 1.92 bits per heavy atom. The molecule has 1 unspecified atom stereocenters. The zero-order valence-electron chi connectivity index (χ0n) is 13.8. The standard InChI is InChI=1S/C20H17IN2OS/c1-20(12-14-7-8-16(21)11-15(14)13-20)18(24)23(19-22-9-10-25-19)17-5-3-2-4-6-17/h2-11H,12-13H2,1H3. The fourth-order valence-corrected chi connectivity index (χ4v) is 4.69. The summed E-state index contributed by atoms with van der Waals surface area (Å²) < 4.78 is 1.22. The third-order valence-corrected chi connectivity index (χ3v) is 6.10. The molecular formula is C20H17IN2OS. The largest absolute Gasteiger partial charge is 0.273 e. The minimum atomic E-state index is -0.450. The highest BCUT2D eigenvalue weighted by Crippen LogP contribution is 2.41. The number of fused-ring (bicyclic) bond motifs is 1. The van der Waals surface area contributed by atoms with E-state index in [0.29, 0.717) is 0 Å². The number of amides is 1. The minimum Gasteiger partial charge on any atom is -0.273 e. The highest BCUT2D eigenvalue weighted by Gasteiger charge is 2.43. The lowest BCUT2D eigenvalue weighted by Crippen LogP contribution is -2.40. The van der Waals surface area contributed by atoms with Crippen LogP contribution < -0.4 is 4.90 Å². The maximum absolute atomic E-state index is 13.6. The fraction of sp³-hybridized carbons (Fsp3) is 0.200. The molecule has 1 aromatic heterocycles. The topological polar surface area (TPSA) is 33.2 Å². The van der Waals surface area contributed by atoms with E-state index in [1.165, 1.54) is 26.0 Å². The Morgan fingerprint density at radius 1 is 1.16 bits per heavy atom. The molecule has 0 fully saturated rings. The van der Waals surface area contributed by atoms with Crippen LogP contribution in [0.5, 0.6) is 0 Å². The molecular weight excluding hydrogens is 443 g/mol. The normalized spacial score (nSPS) is 18.8. The average molecular weight is 460 g/mol. The van der Waals surface area contributed by atoms with E-state index in [2.05, 4.69) is 52.7 Å². The summed E-state index contributed by atoms with van der Waals surface area (Å²) in [7, 11) is 0. The lowest BCUT2D eigenvalue weighted by Gasteiger charge is -2.30. The summed E-state index contributed by atoms with van der Waals surface area (Å²) in [6.07, 6.45) is 3.29. The van der Waals surface area contributed by atoms with Crippen molar-refractivity contribution >= 4 is 50.7 Å². The van der Waals surface area contributed by atoms with Crippen molar-refractivity contribution in [3.63, 3.8) is 0 Å². The number of thiazole rings is 1. The zero-order chi connectivity index (χ0) is 17.4. The molecule has 2 aromatic carbocycles. The Balaban J connectivity index is 1.72. The summed E-state index contributed by atoms with van der Waals surface area (Å²) in [4.78, 5) is 19.8. The van der Waals surface area contributed by atoms with Crippen LogP contribution in [0, 0.1) is 8.99 Å². The van der Waals surface area contributed by atoms with Crippen molar-refractivity contribution in [3.8, 4) is 0 Å².